The Morgan fingerprint density at radius 3 is 2.50 bits per heavy atom. The predicted octanol–water partition coefficient (Wildman–Crippen LogP) is 4.62. The smallest absolute Gasteiger partial charge is 0.319 e. The standard InChI is InChI=1S/C20H27ClN2O3/c1-19(2,3)12-26-16-7-6-13(10-15(16)21)17-14(11-22-18(25)23-17)20(4,5)8-9-24/h6-7,9-11,17H,8,12H2,1-5H3,(H2,22,23,25). The van der Waals surface area contributed by atoms with Gasteiger partial charge in [0, 0.05) is 12.6 Å². The fraction of sp³-hybridized carbons (Fsp3) is 0.500. The van der Waals surface area contributed by atoms with Gasteiger partial charge in [0.25, 0.3) is 0 Å². The number of amides is 2. The van der Waals surface area contributed by atoms with Crippen molar-refractivity contribution in [3.8, 4) is 5.75 Å². The third-order valence-electron chi connectivity index (χ3n) is 4.27. The zero-order valence-electron chi connectivity index (χ0n) is 16.0. The van der Waals surface area contributed by atoms with Crippen LogP contribution in [0.25, 0.3) is 0 Å². The zero-order valence-corrected chi connectivity index (χ0v) is 16.7. The number of nitrogens with one attached hydrogen (secondary N) is 2. The van der Waals surface area contributed by atoms with E-state index in [9.17, 15) is 9.59 Å². The maximum Gasteiger partial charge on any atom is 0.319 e. The Hall–Kier alpha value is -2.01. The van der Waals surface area contributed by atoms with Gasteiger partial charge >= 0.3 is 6.03 Å². The molecule has 1 aliphatic heterocycles. The Balaban J connectivity index is 2.31. The molecule has 142 valence electrons. The van der Waals surface area contributed by atoms with E-state index in [1.54, 1.807) is 12.3 Å². The lowest BCUT2D eigenvalue weighted by atomic mass is 9.76. The number of hydrogen-bond donors (Lipinski definition) is 2. The van der Waals surface area contributed by atoms with E-state index in [1.807, 2.05) is 26.0 Å². The molecule has 2 rings (SSSR count). The summed E-state index contributed by atoms with van der Waals surface area (Å²) in [5.41, 5.74) is 1.39. The minimum Gasteiger partial charge on any atom is -0.491 e. The van der Waals surface area contributed by atoms with E-state index < -0.39 is 5.41 Å². The third-order valence-corrected chi connectivity index (χ3v) is 4.57. The van der Waals surface area contributed by atoms with Gasteiger partial charge in [-0.05, 0) is 34.1 Å². The molecular formula is C20H27ClN2O3. The summed E-state index contributed by atoms with van der Waals surface area (Å²) in [5.74, 6) is 0.614. The molecule has 0 aromatic heterocycles. The van der Waals surface area contributed by atoms with E-state index in [0.29, 0.717) is 23.8 Å². The second-order valence-corrected chi connectivity index (χ2v) is 8.85. The normalized spacial score (nSPS) is 17.8. The van der Waals surface area contributed by atoms with Gasteiger partial charge in [-0.25, -0.2) is 4.79 Å². The van der Waals surface area contributed by atoms with Gasteiger partial charge in [0.2, 0.25) is 0 Å². The Kier molecular flexibility index (Phi) is 6.02. The van der Waals surface area contributed by atoms with Crippen molar-refractivity contribution in [2.24, 2.45) is 10.8 Å². The van der Waals surface area contributed by atoms with Crippen molar-refractivity contribution < 1.29 is 14.3 Å². The van der Waals surface area contributed by atoms with Gasteiger partial charge in [-0.3, -0.25) is 0 Å². The minimum absolute atomic E-state index is 0.0276. The lowest BCUT2D eigenvalue weighted by Gasteiger charge is -2.35. The molecular weight excluding hydrogens is 352 g/mol. The summed E-state index contributed by atoms with van der Waals surface area (Å²) in [5, 5.41) is 6.08. The maximum atomic E-state index is 11.8. The van der Waals surface area contributed by atoms with E-state index in [0.717, 1.165) is 17.4 Å². The number of ether oxygens (including phenoxy) is 1. The molecule has 1 atom stereocenters. The molecule has 6 heteroatoms. The van der Waals surface area contributed by atoms with Crippen LogP contribution in [-0.2, 0) is 4.79 Å². The number of benzene rings is 1. The SMILES string of the molecule is CC(C)(C)COc1ccc(C2NC(=O)NC=C2C(C)(C)CC=O)cc1Cl. The van der Waals surface area contributed by atoms with Gasteiger partial charge in [0.05, 0.1) is 17.7 Å². The Labute approximate surface area is 160 Å². The molecule has 0 saturated carbocycles. The summed E-state index contributed by atoms with van der Waals surface area (Å²) < 4.78 is 5.80. The van der Waals surface area contributed by atoms with Crippen molar-refractivity contribution in [1.29, 1.82) is 0 Å². The fourth-order valence-corrected chi connectivity index (χ4v) is 3.00. The highest BCUT2D eigenvalue weighted by molar-refractivity contribution is 6.32. The van der Waals surface area contributed by atoms with Crippen molar-refractivity contribution in [3.05, 3.63) is 40.6 Å². The van der Waals surface area contributed by atoms with Gasteiger partial charge in [-0.1, -0.05) is 52.3 Å². The molecule has 2 amide bonds. The van der Waals surface area contributed by atoms with Crippen LogP contribution in [-0.4, -0.2) is 18.9 Å². The first-order chi connectivity index (χ1) is 12.0. The van der Waals surface area contributed by atoms with Crippen molar-refractivity contribution in [3.63, 3.8) is 0 Å². The highest BCUT2D eigenvalue weighted by Gasteiger charge is 2.34. The molecule has 0 aliphatic carbocycles. The third kappa shape index (κ3) is 5.01. The molecule has 0 radical (unpaired) electrons. The van der Waals surface area contributed by atoms with E-state index in [-0.39, 0.29) is 17.5 Å². The summed E-state index contributed by atoms with van der Waals surface area (Å²) >= 11 is 6.41. The molecule has 26 heavy (non-hydrogen) atoms. The summed E-state index contributed by atoms with van der Waals surface area (Å²) in [6, 6.07) is 4.88. The molecule has 0 saturated heterocycles. The maximum absolute atomic E-state index is 11.8. The monoisotopic (exact) mass is 378 g/mol. The second-order valence-electron chi connectivity index (χ2n) is 8.44. The number of rotatable bonds is 6. The molecule has 1 aromatic carbocycles. The van der Waals surface area contributed by atoms with Gasteiger partial charge in [-0.2, -0.15) is 0 Å². The van der Waals surface area contributed by atoms with Crippen LogP contribution in [0.5, 0.6) is 5.75 Å². The van der Waals surface area contributed by atoms with Crippen LogP contribution in [0.15, 0.2) is 30.0 Å². The van der Waals surface area contributed by atoms with Crippen molar-refractivity contribution in [2.75, 3.05) is 6.61 Å². The first-order valence-corrected chi connectivity index (χ1v) is 9.05. The molecule has 2 N–H and O–H groups in total. The molecule has 5 nitrogen and oxygen atoms in total. The number of urea groups is 1. The van der Waals surface area contributed by atoms with Crippen LogP contribution in [0.4, 0.5) is 4.79 Å². The Morgan fingerprint density at radius 1 is 1.23 bits per heavy atom. The molecule has 0 spiro atoms. The summed E-state index contributed by atoms with van der Waals surface area (Å²) in [4.78, 5) is 22.9. The first-order valence-electron chi connectivity index (χ1n) is 8.67. The average Bonchev–Trinajstić information content (AvgIpc) is 2.52. The highest BCUT2D eigenvalue weighted by atomic mass is 35.5. The molecule has 1 aliphatic rings. The van der Waals surface area contributed by atoms with E-state index in [2.05, 4.69) is 31.4 Å². The van der Waals surface area contributed by atoms with Crippen molar-refractivity contribution in [2.45, 2.75) is 47.1 Å². The van der Waals surface area contributed by atoms with Gasteiger partial charge in [-0.15, -0.1) is 0 Å². The Morgan fingerprint density at radius 2 is 1.92 bits per heavy atom. The van der Waals surface area contributed by atoms with Crippen LogP contribution in [0, 0.1) is 10.8 Å². The summed E-state index contributed by atoms with van der Waals surface area (Å²) in [6.07, 6.45) is 2.93. The summed E-state index contributed by atoms with van der Waals surface area (Å²) in [6.45, 7) is 10.8. The number of hydrogen-bond acceptors (Lipinski definition) is 3. The first kappa shape index (κ1) is 20.3. The van der Waals surface area contributed by atoms with Crippen LogP contribution < -0.4 is 15.4 Å². The zero-order chi connectivity index (χ0) is 19.5. The summed E-state index contributed by atoms with van der Waals surface area (Å²) in [7, 11) is 0. The van der Waals surface area contributed by atoms with Gasteiger partial charge in [0.1, 0.15) is 12.0 Å². The predicted molar refractivity (Wildman–Crippen MR) is 103 cm³/mol. The minimum atomic E-state index is -0.402. The average molecular weight is 379 g/mol. The van der Waals surface area contributed by atoms with Crippen LogP contribution in [0.3, 0.4) is 0 Å². The van der Waals surface area contributed by atoms with Gasteiger partial charge < -0.3 is 20.2 Å². The lowest BCUT2D eigenvalue weighted by Crippen LogP contribution is -2.44. The van der Waals surface area contributed by atoms with E-state index in [1.165, 1.54) is 0 Å². The molecule has 1 aromatic rings. The molecule has 1 unspecified atom stereocenters. The van der Waals surface area contributed by atoms with Crippen molar-refractivity contribution >= 4 is 23.9 Å². The number of carbonyl (C=O) groups is 2. The van der Waals surface area contributed by atoms with E-state index >= 15 is 0 Å². The lowest BCUT2D eigenvalue weighted by molar-refractivity contribution is -0.109. The fourth-order valence-electron chi connectivity index (χ4n) is 2.76. The number of halogens is 1. The largest absolute Gasteiger partial charge is 0.491 e. The molecule has 1 heterocycles. The Bertz CT molecular complexity index is 720. The van der Waals surface area contributed by atoms with Gasteiger partial charge in [0.15, 0.2) is 0 Å². The topological polar surface area (TPSA) is 67.4 Å². The molecule has 0 fully saturated rings. The van der Waals surface area contributed by atoms with Crippen LogP contribution in [0.2, 0.25) is 5.02 Å². The van der Waals surface area contributed by atoms with Crippen molar-refractivity contribution in [1.82, 2.24) is 10.6 Å². The highest BCUT2D eigenvalue weighted by Crippen LogP contribution is 2.40. The van der Waals surface area contributed by atoms with Crippen LogP contribution in [0.1, 0.15) is 52.6 Å². The quantitative estimate of drug-likeness (QED) is 0.710. The molecule has 0 bridgehead atoms. The number of aldehydes is 1. The van der Waals surface area contributed by atoms with E-state index in [4.69, 9.17) is 16.3 Å². The van der Waals surface area contributed by atoms with Crippen LogP contribution >= 0.6 is 11.6 Å². The second kappa shape index (κ2) is 7.70. The number of carbonyl (C=O) groups excluding carboxylic acids is 2.